The second-order valence-corrected chi connectivity index (χ2v) is 5.26. The monoisotopic (exact) mass is 302 g/mol. The zero-order valence-corrected chi connectivity index (χ0v) is 13.0. The van der Waals surface area contributed by atoms with Crippen LogP contribution in [0.4, 0.5) is 5.69 Å². The summed E-state index contributed by atoms with van der Waals surface area (Å²) in [5.74, 6) is -0.152. The summed E-state index contributed by atoms with van der Waals surface area (Å²) in [6, 6.07) is 19.7. The molecule has 1 N–H and O–H groups in total. The van der Waals surface area contributed by atoms with Crippen molar-refractivity contribution in [2.45, 2.75) is 13.3 Å². The summed E-state index contributed by atoms with van der Waals surface area (Å²) in [4.78, 5) is 16.6. The van der Waals surface area contributed by atoms with Gasteiger partial charge < -0.3 is 5.32 Å². The van der Waals surface area contributed by atoms with Crippen molar-refractivity contribution in [3.63, 3.8) is 0 Å². The highest BCUT2D eigenvalue weighted by atomic mass is 16.1. The van der Waals surface area contributed by atoms with E-state index in [0.717, 1.165) is 34.3 Å². The van der Waals surface area contributed by atoms with Crippen LogP contribution in [-0.4, -0.2) is 10.9 Å². The Kier molecular flexibility index (Phi) is 4.48. The highest BCUT2D eigenvalue weighted by Gasteiger charge is 2.02. The first-order chi connectivity index (χ1) is 11.3. The highest BCUT2D eigenvalue weighted by molar-refractivity contribution is 6.02. The number of benzene rings is 2. The number of hydrogen-bond donors (Lipinski definition) is 1. The van der Waals surface area contributed by atoms with Crippen LogP contribution in [0, 0.1) is 0 Å². The molecule has 1 aromatic heterocycles. The van der Waals surface area contributed by atoms with Gasteiger partial charge in [-0.05, 0) is 36.3 Å². The number of anilines is 1. The van der Waals surface area contributed by atoms with E-state index in [1.807, 2.05) is 60.7 Å². The first-order valence-corrected chi connectivity index (χ1v) is 7.69. The molecule has 0 radical (unpaired) electrons. The molecule has 0 aliphatic rings. The van der Waals surface area contributed by atoms with Crippen molar-refractivity contribution in [1.29, 1.82) is 0 Å². The molecule has 0 bridgehead atoms. The largest absolute Gasteiger partial charge is 0.322 e. The van der Waals surface area contributed by atoms with Gasteiger partial charge in [-0.15, -0.1) is 0 Å². The molecule has 1 amide bonds. The SMILES string of the molecule is CCc1ccccc1NC(=O)C=Cc1ccc2ccccc2n1. The Labute approximate surface area is 135 Å². The maximum atomic E-state index is 12.1. The van der Waals surface area contributed by atoms with Crippen LogP contribution >= 0.6 is 0 Å². The molecule has 0 saturated heterocycles. The van der Waals surface area contributed by atoms with Crippen molar-refractivity contribution < 1.29 is 4.79 Å². The fourth-order valence-electron chi connectivity index (χ4n) is 2.46. The first kappa shape index (κ1) is 15.0. The predicted molar refractivity (Wildman–Crippen MR) is 95.2 cm³/mol. The molecule has 3 heteroatoms. The third kappa shape index (κ3) is 3.64. The van der Waals surface area contributed by atoms with Crippen LogP contribution in [0.3, 0.4) is 0 Å². The van der Waals surface area contributed by atoms with E-state index in [2.05, 4.69) is 17.2 Å². The van der Waals surface area contributed by atoms with Gasteiger partial charge in [0.2, 0.25) is 5.91 Å². The number of para-hydroxylation sites is 2. The number of pyridine rings is 1. The lowest BCUT2D eigenvalue weighted by molar-refractivity contribution is -0.111. The average molecular weight is 302 g/mol. The van der Waals surface area contributed by atoms with Gasteiger partial charge in [0, 0.05) is 17.1 Å². The van der Waals surface area contributed by atoms with Gasteiger partial charge in [-0.25, -0.2) is 4.98 Å². The molecule has 2 aromatic carbocycles. The van der Waals surface area contributed by atoms with Gasteiger partial charge in [0.25, 0.3) is 0 Å². The molecule has 0 aliphatic carbocycles. The average Bonchev–Trinajstić information content (AvgIpc) is 2.60. The van der Waals surface area contributed by atoms with Gasteiger partial charge >= 0.3 is 0 Å². The molecule has 1 heterocycles. The van der Waals surface area contributed by atoms with Crippen molar-refractivity contribution >= 4 is 28.6 Å². The van der Waals surface area contributed by atoms with Crippen molar-refractivity contribution in [2.24, 2.45) is 0 Å². The second kappa shape index (κ2) is 6.88. The summed E-state index contributed by atoms with van der Waals surface area (Å²) < 4.78 is 0. The predicted octanol–water partition coefficient (Wildman–Crippen LogP) is 4.45. The summed E-state index contributed by atoms with van der Waals surface area (Å²) in [5, 5.41) is 4.00. The summed E-state index contributed by atoms with van der Waals surface area (Å²) in [6.45, 7) is 2.07. The molecule has 3 rings (SSSR count). The Hall–Kier alpha value is -2.94. The molecule has 0 fully saturated rings. The van der Waals surface area contributed by atoms with Gasteiger partial charge in [0.1, 0.15) is 0 Å². The normalized spacial score (nSPS) is 11.0. The standard InChI is InChI=1S/C20H18N2O/c1-2-15-7-3-5-9-18(15)22-20(23)14-13-17-12-11-16-8-4-6-10-19(16)21-17/h3-14H,2H2,1H3,(H,22,23). The Bertz CT molecular complexity index is 868. The molecule has 0 spiro atoms. The Morgan fingerprint density at radius 2 is 1.83 bits per heavy atom. The molecule has 0 atom stereocenters. The summed E-state index contributed by atoms with van der Waals surface area (Å²) in [5.41, 5.74) is 3.67. The number of amides is 1. The van der Waals surface area contributed by atoms with E-state index in [1.54, 1.807) is 6.08 Å². The van der Waals surface area contributed by atoms with Crippen LogP contribution < -0.4 is 5.32 Å². The van der Waals surface area contributed by atoms with Gasteiger partial charge in [-0.1, -0.05) is 49.4 Å². The van der Waals surface area contributed by atoms with Crippen molar-refractivity contribution in [1.82, 2.24) is 4.98 Å². The molecule has 0 saturated carbocycles. The number of carbonyl (C=O) groups is 1. The van der Waals surface area contributed by atoms with Gasteiger partial charge in [0.05, 0.1) is 11.2 Å². The first-order valence-electron chi connectivity index (χ1n) is 7.69. The summed E-state index contributed by atoms with van der Waals surface area (Å²) in [6.07, 6.45) is 4.13. The summed E-state index contributed by atoms with van der Waals surface area (Å²) in [7, 11) is 0. The second-order valence-electron chi connectivity index (χ2n) is 5.26. The Balaban J connectivity index is 1.74. The Morgan fingerprint density at radius 3 is 2.70 bits per heavy atom. The number of nitrogens with one attached hydrogen (secondary N) is 1. The van der Waals surface area contributed by atoms with E-state index in [0.29, 0.717) is 0 Å². The third-order valence-electron chi connectivity index (χ3n) is 3.68. The number of nitrogens with zero attached hydrogens (tertiary/aromatic N) is 1. The molecule has 0 aliphatic heterocycles. The molecule has 23 heavy (non-hydrogen) atoms. The highest BCUT2D eigenvalue weighted by Crippen LogP contribution is 2.16. The fraction of sp³-hybridized carbons (Fsp3) is 0.100. The number of fused-ring (bicyclic) bond motifs is 1. The number of aryl methyl sites for hydroxylation is 1. The van der Waals surface area contributed by atoms with E-state index in [1.165, 1.54) is 6.08 Å². The van der Waals surface area contributed by atoms with Crippen LogP contribution in [0.25, 0.3) is 17.0 Å². The molecule has 3 nitrogen and oxygen atoms in total. The van der Waals surface area contributed by atoms with Crippen LogP contribution in [0.5, 0.6) is 0 Å². The lowest BCUT2D eigenvalue weighted by Gasteiger charge is -2.07. The van der Waals surface area contributed by atoms with Crippen molar-refractivity contribution in [3.8, 4) is 0 Å². The number of carbonyl (C=O) groups excluding carboxylic acids is 1. The maximum Gasteiger partial charge on any atom is 0.248 e. The van der Waals surface area contributed by atoms with E-state index in [-0.39, 0.29) is 5.91 Å². The van der Waals surface area contributed by atoms with Gasteiger partial charge in [-0.3, -0.25) is 4.79 Å². The minimum Gasteiger partial charge on any atom is -0.322 e. The number of aromatic nitrogens is 1. The zero-order chi connectivity index (χ0) is 16.1. The van der Waals surface area contributed by atoms with Crippen molar-refractivity contribution in [3.05, 3.63) is 78.0 Å². The van der Waals surface area contributed by atoms with E-state index in [9.17, 15) is 4.79 Å². The van der Waals surface area contributed by atoms with Gasteiger partial charge in [-0.2, -0.15) is 0 Å². The van der Waals surface area contributed by atoms with Crippen LogP contribution in [0.1, 0.15) is 18.2 Å². The molecule has 0 unspecified atom stereocenters. The number of hydrogen-bond acceptors (Lipinski definition) is 2. The lowest BCUT2D eigenvalue weighted by Crippen LogP contribution is -2.09. The Morgan fingerprint density at radius 1 is 1.04 bits per heavy atom. The van der Waals surface area contributed by atoms with Crippen LogP contribution in [-0.2, 0) is 11.2 Å². The maximum absolute atomic E-state index is 12.1. The van der Waals surface area contributed by atoms with E-state index in [4.69, 9.17) is 0 Å². The fourth-order valence-corrected chi connectivity index (χ4v) is 2.46. The quantitative estimate of drug-likeness (QED) is 0.723. The molecular weight excluding hydrogens is 284 g/mol. The minimum absolute atomic E-state index is 0.152. The number of rotatable bonds is 4. The van der Waals surface area contributed by atoms with Crippen molar-refractivity contribution in [2.75, 3.05) is 5.32 Å². The van der Waals surface area contributed by atoms with E-state index >= 15 is 0 Å². The van der Waals surface area contributed by atoms with Crippen LogP contribution in [0.2, 0.25) is 0 Å². The summed E-state index contributed by atoms with van der Waals surface area (Å²) >= 11 is 0. The lowest BCUT2D eigenvalue weighted by atomic mass is 10.1. The molecule has 114 valence electrons. The molecule has 3 aromatic rings. The zero-order valence-electron chi connectivity index (χ0n) is 13.0. The van der Waals surface area contributed by atoms with E-state index < -0.39 is 0 Å². The smallest absolute Gasteiger partial charge is 0.248 e. The van der Waals surface area contributed by atoms with Crippen LogP contribution in [0.15, 0.2) is 66.7 Å². The minimum atomic E-state index is -0.152. The molecular formula is C20H18N2O. The van der Waals surface area contributed by atoms with Gasteiger partial charge in [0.15, 0.2) is 0 Å². The topological polar surface area (TPSA) is 42.0 Å². The third-order valence-corrected chi connectivity index (χ3v) is 3.68.